The molecule has 2 saturated carbocycles. The molecule has 0 unspecified atom stereocenters. The molecule has 0 aliphatic heterocycles. The Morgan fingerprint density at radius 2 is 1.90 bits per heavy atom. The molecule has 0 spiro atoms. The van der Waals surface area contributed by atoms with Gasteiger partial charge in [-0.3, -0.25) is 0 Å². The lowest BCUT2D eigenvalue weighted by Crippen LogP contribution is -2.14. The zero-order valence-electron chi connectivity index (χ0n) is 12.2. The smallest absolute Gasteiger partial charge is 0.187 e. The summed E-state index contributed by atoms with van der Waals surface area (Å²) in [5, 5.41) is 3.66. The minimum absolute atomic E-state index is 0.159. The monoisotopic (exact) mass is 329 g/mol. The van der Waals surface area contributed by atoms with Gasteiger partial charge < -0.3 is 11.1 Å². The predicted octanol–water partition coefficient (Wildman–Crippen LogP) is 3.04. The van der Waals surface area contributed by atoms with Gasteiger partial charge >= 0.3 is 0 Å². The van der Waals surface area contributed by atoms with Crippen LogP contribution in [-0.4, -0.2) is 24.6 Å². The van der Waals surface area contributed by atoms with E-state index in [9.17, 15) is 8.42 Å². The fourth-order valence-electron chi connectivity index (χ4n) is 3.09. The molecule has 2 aliphatic carbocycles. The van der Waals surface area contributed by atoms with Crippen LogP contribution in [0.4, 0.5) is 10.8 Å². The largest absolute Gasteiger partial charge is 0.382 e. The highest BCUT2D eigenvalue weighted by molar-refractivity contribution is 7.92. The molecule has 5 nitrogen and oxygen atoms in total. The van der Waals surface area contributed by atoms with E-state index in [2.05, 4.69) is 9.69 Å². The van der Waals surface area contributed by atoms with Crippen molar-refractivity contribution in [1.29, 1.82) is 0 Å². The third-order valence-corrected chi connectivity index (χ3v) is 7.76. The van der Waals surface area contributed by atoms with E-state index in [0.717, 1.165) is 31.7 Å². The first-order valence-corrected chi connectivity index (χ1v) is 10.1. The Labute approximate surface area is 130 Å². The van der Waals surface area contributed by atoms with Gasteiger partial charge in [0.15, 0.2) is 15.7 Å². The van der Waals surface area contributed by atoms with Gasteiger partial charge in [-0.2, -0.15) is 4.37 Å². The van der Waals surface area contributed by atoms with Crippen molar-refractivity contribution in [3.63, 3.8) is 0 Å². The number of nitrogen functional groups attached to an aromatic ring is 1. The fraction of sp³-hybridized carbons (Fsp3) is 0.786. The van der Waals surface area contributed by atoms with Crippen molar-refractivity contribution in [2.45, 2.75) is 61.5 Å². The van der Waals surface area contributed by atoms with Crippen LogP contribution in [0.15, 0.2) is 4.90 Å². The Hall–Kier alpha value is -0.820. The summed E-state index contributed by atoms with van der Waals surface area (Å²) in [6, 6.07) is 0. The molecule has 0 aromatic carbocycles. The molecule has 1 aromatic heterocycles. The van der Waals surface area contributed by atoms with Crippen LogP contribution in [0.2, 0.25) is 0 Å². The standard InChI is InChI=1S/C14H23N3O2S2/c15-13-12(21(18,19)11-6-7-11)14(20-17-13)16-9-8-10-4-2-1-3-5-10/h10-11,16H,1-9H2,(H2,15,17). The van der Waals surface area contributed by atoms with Gasteiger partial charge in [0, 0.05) is 6.54 Å². The van der Waals surface area contributed by atoms with Crippen LogP contribution >= 0.6 is 11.5 Å². The van der Waals surface area contributed by atoms with E-state index in [1.807, 2.05) is 0 Å². The quantitative estimate of drug-likeness (QED) is 0.838. The van der Waals surface area contributed by atoms with Gasteiger partial charge in [-0.05, 0) is 36.7 Å². The number of nitrogens with zero attached hydrogens (tertiary/aromatic N) is 1. The second-order valence-electron chi connectivity index (χ2n) is 6.19. The highest BCUT2D eigenvalue weighted by atomic mass is 32.2. The second-order valence-corrected chi connectivity index (χ2v) is 9.13. The van der Waals surface area contributed by atoms with Crippen molar-refractivity contribution >= 4 is 32.2 Å². The van der Waals surface area contributed by atoms with E-state index >= 15 is 0 Å². The highest BCUT2D eigenvalue weighted by Crippen LogP contribution is 2.41. The average Bonchev–Trinajstić information content (AvgIpc) is 3.25. The van der Waals surface area contributed by atoms with Gasteiger partial charge in [0.1, 0.15) is 9.90 Å². The first-order valence-electron chi connectivity index (χ1n) is 7.82. The van der Waals surface area contributed by atoms with Gasteiger partial charge in [0.05, 0.1) is 5.25 Å². The number of aromatic nitrogens is 1. The molecular formula is C14H23N3O2S2. The van der Waals surface area contributed by atoms with Gasteiger partial charge in [-0.25, -0.2) is 8.42 Å². The SMILES string of the molecule is Nc1nsc(NCCC2CCCCC2)c1S(=O)(=O)C1CC1. The molecule has 3 N–H and O–H groups in total. The van der Waals surface area contributed by atoms with Crippen molar-refractivity contribution in [3.05, 3.63) is 0 Å². The predicted molar refractivity (Wildman–Crippen MR) is 86.4 cm³/mol. The molecule has 1 aromatic rings. The van der Waals surface area contributed by atoms with Gasteiger partial charge in [-0.1, -0.05) is 32.1 Å². The number of anilines is 2. The molecule has 3 rings (SSSR count). The number of nitrogens with two attached hydrogens (primary N) is 1. The molecule has 1 heterocycles. The van der Waals surface area contributed by atoms with Crippen LogP contribution in [0.3, 0.4) is 0 Å². The second kappa shape index (κ2) is 6.12. The van der Waals surface area contributed by atoms with Crippen LogP contribution in [0, 0.1) is 5.92 Å². The van der Waals surface area contributed by atoms with E-state index < -0.39 is 9.84 Å². The lowest BCUT2D eigenvalue weighted by Gasteiger charge is -2.21. The first kappa shape index (κ1) is 15.1. The van der Waals surface area contributed by atoms with Crippen molar-refractivity contribution in [3.8, 4) is 0 Å². The Morgan fingerprint density at radius 3 is 2.57 bits per heavy atom. The summed E-state index contributed by atoms with van der Waals surface area (Å²) in [6.45, 7) is 0.805. The van der Waals surface area contributed by atoms with Gasteiger partial charge in [0.2, 0.25) is 0 Å². The number of hydrogen-bond donors (Lipinski definition) is 2. The normalized spacial score (nSPS) is 20.6. The molecule has 7 heteroatoms. The summed E-state index contributed by atoms with van der Waals surface area (Å²) in [5.41, 5.74) is 5.79. The molecule has 0 radical (unpaired) electrons. The summed E-state index contributed by atoms with van der Waals surface area (Å²) in [6.07, 6.45) is 9.23. The minimum Gasteiger partial charge on any atom is -0.382 e. The van der Waals surface area contributed by atoms with E-state index in [-0.39, 0.29) is 16.0 Å². The van der Waals surface area contributed by atoms with Crippen LogP contribution in [0.1, 0.15) is 51.4 Å². The maximum absolute atomic E-state index is 12.4. The van der Waals surface area contributed by atoms with Crippen molar-refractivity contribution < 1.29 is 8.42 Å². The Morgan fingerprint density at radius 1 is 1.19 bits per heavy atom. The third kappa shape index (κ3) is 3.34. The average molecular weight is 329 g/mol. The lowest BCUT2D eigenvalue weighted by molar-refractivity contribution is 0.345. The zero-order valence-corrected chi connectivity index (χ0v) is 13.8. The molecule has 2 fully saturated rings. The van der Waals surface area contributed by atoms with Gasteiger partial charge in [-0.15, -0.1) is 0 Å². The maximum Gasteiger partial charge on any atom is 0.187 e. The Bertz CT molecular complexity index is 587. The minimum atomic E-state index is -3.28. The van der Waals surface area contributed by atoms with Crippen LogP contribution in [0.5, 0.6) is 0 Å². The van der Waals surface area contributed by atoms with E-state index in [0.29, 0.717) is 5.00 Å². The van der Waals surface area contributed by atoms with E-state index in [1.165, 1.54) is 43.6 Å². The topological polar surface area (TPSA) is 85.1 Å². The van der Waals surface area contributed by atoms with Crippen LogP contribution < -0.4 is 11.1 Å². The number of hydrogen-bond acceptors (Lipinski definition) is 6. The highest BCUT2D eigenvalue weighted by Gasteiger charge is 2.40. The van der Waals surface area contributed by atoms with E-state index in [1.54, 1.807) is 0 Å². The molecule has 0 saturated heterocycles. The Balaban J connectivity index is 1.63. The summed E-state index contributed by atoms with van der Waals surface area (Å²) in [4.78, 5) is 0.249. The molecule has 21 heavy (non-hydrogen) atoms. The van der Waals surface area contributed by atoms with Crippen molar-refractivity contribution in [2.75, 3.05) is 17.6 Å². The third-order valence-electron chi connectivity index (χ3n) is 4.48. The maximum atomic E-state index is 12.4. The summed E-state index contributed by atoms with van der Waals surface area (Å²) >= 11 is 1.17. The van der Waals surface area contributed by atoms with Gasteiger partial charge in [0.25, 0.3) is 0 Å². The number of nitrogens with one attached hydrogen (secondary N) is 1. The molecular weight excluding hydrogens is 306 g/mol. The summed E-state index contributed by atoms with van der Waals surface area (Å²) < 4.78 is 28.9. The molecule has 0 atom stereocenters. The first-order chi connectivity index (χ1) is 10.1. The summed E-state index contributed by atoms with van der Waals surface area (Å²) in [5.74, 6) is 0.937. The molecule has 118 valence electrons. The lowest BCUT2D eigenvalue weighted by atomic mass is 9.87. The Kier molecular flexibility index (Phi) is 4.40. The molecule has 0 bridgehead atoms. The molecule has 0 amide bonds. The summed E-state index contributed by atoms with van der Waals surface area (Å²) in [7, 11) is -3.28. The van der Waals surface area contributed by atoms with Crippen molar-refractivity contribution in [2.24, 2.45) is 5.92 Å². The van der Waals surface area contributed by atoms with E-state index in [4.69, 9.17) is 5.73 Å². The zero-order chi connectivity index (χ0) is 14.9. The van der Waals surface area contributed by atoms with Crippen LogP contribution in [-0.2, 0) is 9.84 Å². The molecule has 2 aliphatic rings. The number of sulfone groups is 1. The number of rotatable bonds is 6. The van der Waals surface area contributed by atoms with Crippen molar-refractivity contribution in [1.82, 2.24) is 4.37 Å². The van der Waals surface area contributed by atoms with Crippen LogP contribution in [0.25, 0.3) is 0 Å². The fourth-order valence-corrected chi connectivity index (χ4v) is 6.00.